The predicted octanol–water partition coefficient (Wildman–Crippen LogP) is 2.47. The Labute approximate surface area is 106 Å². The number of benzene rings is 1. The fourth-order valence-electron chi connectivity index (χ4n) is 1.72. The molecule has 0 amide bonds. The largest absolute Gasteiger partial charge is 0.310 e. The van der Waals surface area contributed by atoms with Gasteiger partial charge in [-0.05, 0) is 29.8 Å². The third kappa shape index (κ3) is 2.39. The van der Waals surface area contributed by atoms with Crippen LogP contribution in [-0.4, -0.2) is 21.0 Å². The summed E-state index contributed by atoms with van der Waals surface area (Å²) in [4.78, 5) is 0.755. The number of rotatable bonds is 3. The van der Waals surface area contributed by atoms with Crippen LogP contribution in [-0.2, 0) is 9.84 Å². The number of sulfone groups is 1. The Morgan fingerprint density at radius 1 is 1.35 bits per heavy atom. The summed E-state index contributed by atoms with van der Waals surface area (Å²) < 4.78 is 24.3. The number of hydrogen-bond acceptors (Lipinski definition) is 3. The summed E-state index contributed by atoms with van der Waals surface area (Å²) in [6.45, 7) is 4.31. The van der Waals surface area contributed by atoms with Gasteiger partial charge in [0.1, 0.15) is 0 Å². The molecule has 1 aliphatic heterocycles. The van der Waals surface area contributed by atoms with Crippen LogP contribution in [0.1, 0.15) is 19.4 Å². The van der Waals surface area contributed by atoms with Gasteiger partial charge in [0.2, 0.25) is 9.84 Å². The molecule has 0 unspecified atom stereocenters. The number of fused-ring (bicyclic) bond motifs is 1. The van der Waals surface area contributed by atoms with Crippen molar-refractivity contribution < 1.29 is 8.42 Å². The van der Waals surface area contributed by atoms with E-state index in [9.17, 15) is 8.42 Å². The fourth-order valence-corrected chi connectivity index (χ4v) is 3.41. The maximum absolute atomic E-state index is 12.2. The molecular formula is C12H14ClNO2S. The fraction of sp³-hybridized carbons (Fsp3) is 0.333. The highest BCUT2D eigenvalue weighted by atomic mass is 35.5. The minimum absolute atomic E-state index is 0.249. The third-order valence-corrected chi connectivity index (χ3v) is 4.75. The van der Waals surface area contributed by atoms with Crippen molar-refractivity contribution in [3.05, 3.63) is 33.7 Å². The monoisotopic (exact) mass is 271 g/mol. The summed E-state index contributed by atoms with van der Waals surface area (Å²) in [5, 5.41) is 3.66. The zero-order valence-corrected chi connectivity index (χ0v) is 11.3. The average molecular weight is 272 g/mol. The third-order valence-electron chi connectivity index (χ3n) is 2.61. The Morgan fingerprint density at radius 3 is 2.71 bits per heavy atom. The molecule has 1 heterocycles. The van der Waals surface area contributed by atoms with Crippen molar-refractivity contribution in [2.75, 3.05) is 6.54 Å². The highest BCUT2D eigenvalue weighted by molar-refractivity contribution is 7.95. The van der Waals surface area contributed by atoms with E-state index in [1.807, 2.05) is 13.8 Å². The maximum atomic E-state index is 12.2. The molecule has 0 saturated heterocycles. The van der Waals surface area contributed by atoms with Gasteiger partial charge in [-0.2, -0.15) is 0 Å². The molecule has 0 aliphatic carbocycles. The van der Waals surface area contributed by atoms with Gasteiger partial charge in [0.05, 0.1) is 9.80 Å². The number of hydrogen-bond donors (Lipinski definition) is 1. The van der Waals surface area contributed by atoms with Crippen LogP contribution in [0.15, 0.2) is 28.0 Å². The number of halogens is 1. The first-order valence-corrected chi connectivity index (χ1v) is 7.26. The van der Waals surface area contributed by atoms with Gasteiger partial charge in [0, 0.05) is 17.6 Å². The summed E-state index contributed by atoms with van der Waals surface area (Å²) in [7, 11) is -3.32. The summed E-state index contributed by atoms with van der Waals surface area (Å²) in [6, 6.07) is 5.09. The average Bonchev–Trinajstić information content (AvgIpc) is 2.46. The first-order chi connectivity index (χ1) is 7.91. The van der Waals surface area contributed by atoms with Crippen LogP contribution in [0, 0.1) is 0 Å². The van der Waals surface area contributed by atoms with Gasteiger partial charge in [0.25, 0.3) is 0 Å². The first-order valence-electron chi connectivity index (χ1n) is 5.40. The lowest BCUT2D eigenvalue weighted by Crippen LogP contribution is -2.26. The molecule has 0 spiro atoms. The van der Waals surface area contributed by atoms with Crippen molar-refractivity contribution in [3.8, 4) is 0 Å². The molecule has 0 bridgehead atoms. The van der Waals surface area contributed by atoms with E-state index in [-0.39, 0.29) is 6.04 Å². The zero-order valence-electron chi connectivity index (χ0n) is 9.70. The topological polar surface area (TPSA) is 46.2 Å². The van der Waals surface area contributed by atoms with E-state index in [0.717, 1.165) is 0 Å². The van der Waals surface area contributed by atoms with Crippen LogP contribution < -0.4 is 5.32 Å². The molecule has 17 heavy (non-hydrogen) atoms. The lowest BCUT2D eigenvalue weighted by Gasteiger charge is -2.08. The molecule has 1 aromatic rings. The van der Waals surface area contributed by atoms with Crippen molar-refractivity contribution in [1.82, 2.24) is 5.32 Å². The molecular weight excluding hydrogens is 258 g/mol. The van der Waals surface area contributed by atoms with Crippen molar-refractivity contribution in [3.63, 3.8) is 0 Å². The van der Waals surface area contributed by atoms with Crippen molar-refractivity contribution >= 4 is 27.5 Å². The summed E-state index contributed by atoms with van der Waals surface area (Å²) in [6.07, 6.45) is 1.69. The van der Waals surface area contributed by atoms with E-state index in [4.69, 9.17) is 11.6 Å². The van der Waals surface area contributed by atoms with Crippen LogP contribution in [0.2, 0.25) is 5.02 Å². The smallest absolute Gasteiger partial charge is 0.204 e. The Bertz CT molecular complexity index is 576. The maximum Gasteiger partial charge on any atom is 0.204 e. The van der Waals surface area contributed by atoms with Crippen molar-refractivity contribution in [2.45, 2.75) is 24.8 Å². The molecule has 5 heteroatoms. The minimum Gasteiger partial charge on any atom is -0.310 e. The van der Waals surface area contributed by atoms with Crippen LogP contribution in [0.25, 0.3) is 6.08 Å². The standard InChI is InChI=1S/C12H14ClNO2S/c1-8(2)14-7-11-6-9-5-10(13)3-4-12(9)17(11,15)16/h3-6,8,14H,7H2,1-2H3. The molecule has 92 valence electrons. The molecule has 0 atom stereocenters. The predicted molar refractivity (Wildman–Crippen MR) is 69.8 cm³/mol. The first kappa shape index (κ1) is 12.6. The highest BCUT2D eigenvalue weighted by Gasteiger charge is 2.29. The minimum atomic E-state index is -3.32. The summed E-state index contributed by atoms with van der Waals surface area (Å²) in [5.74, 6) is 0. The molecule has 3 nitrogen and oxygen atoms in total. The van der Waals surface area contributed by atoms with E-state index in [1.165, 1.54) is 0 Å². The van der Waals surface area contributed by atoms with E-state index in [1.54, 1.807) is 24.3 Å². The van der Waals surface area contributed by atoms with Gasteiger partial charge in [-0.1, -0.05) is 25.4 Å². The quantitative estimate of drug-likeness (QED) is 0.919. The lowest BCUT2D eigenvalue weighted by molar-refractivity contribution is 0.593. The van der Waals surface area contributed by atoms with Gasteiger partial charge < -0.3 is 5.32 Å². The van der Waals surface area contributed by atoms with Crippen LogP contribution >= 0.6 is 11.6 Å². The van der Waals surface area contributed by atoms with Crippen LogP contribution in [0.5, 0.6) is 0 Å². The Hall–Kier alpha value is -0.840. The van der Waals surface area contributed by atoms with Gasteiger partial charge in [-0.25, -0.2) is 8.42 Å². The molecule has 1 aromatic carbocycles. The molecule has 2 rings (SSSR count). The van der Waals surface area contributed by atoms with Crippen LogP contribution in [0.3, 0.4) is 0 Å². The number of nitrogens with one attached hydrogen (secondary N) is 1. The normalized spacial score (nSPS) is 17.1. The van der Waals surface area contributed by atoms with E-state index >= 15 is 0 Å². The van der Waals surface area contributed by atoms with Crippen molar-refractivity contribution in [1.29, 1.82) is 0 Å². The molecule has 0 saturated carbocycles. The second kappa shape index (κ2) is 4.44. The molecule has 0 fully saturated rings. The van der Waals surface area contributed by atoms with Gasteiger partial charge in [-0.15, -0.1) is 0 Å². The second-order valence-corrected chi connectivity index (χ2v) is 6.74. The SMILES string of the molecule is CC(C)NCC1=Cc2cc(Cl)ccc2S1(=O)=O. The van der Waals surface area contributed by atoms with E-state index in [2.05, 4.69) is 5.32 Å². The highest BCUT2D eigenvalue weighted by Crippen LogP contribution is 2.33. The van der Waals surface area contributed by atoms with Gasteiger partial charge in [-0.3, -0.25) is 0 Å². The van der Waals surface area contributed by atoms with Gasteiger partial charge in [0.15, 0.2) is 0 Å². The summed E-state index contributed by atoms with van der Waals surface area (Å²) in [5.41, 5.74) is 0.679. The second-order valence-electron chi connectivity index (χ2n) is 4.33. The van der Waals surface area contributed by atoms with E-state index < -0.39 is 9.84 Å². The molecule has 0 aromatic heterocycles. The molecule has 1 N–H and O–H groups in total. The Balaban J connectivity index is 2.37. The Morgan fingerprint density at radius 2 is 2.06 bits per heavy atom. The van der Waals surface area contributed by atoms with Crippen LogP contribution in [0.4, 0.5) is 0 Å². The lowest BCUT2D eigenvalue weighted by atomic mass is 10.2. The zero-order chi connectivity index (χ0) is 12.6. The van der Waals surface area contributed by atoms with Crippen molar-refractivity contribution in [2.24, 2.45) is 0 Å². The Kier molecular flexibility index (Phi) is 3.30. The van der Waals surface area contributed by atoms with Gasteiger partial charge >= 0.3 is 0 Å². The molecule has 1 aliphatic rings. The molecule has 0 radical (unpaired) electrons. The summed E-state index contributed by atoms with van der Waals surface area (Å²) >= 11 is 5.85. The van der Waals surface area contributed by atoms with E-state index in [0.29, 0.717) is 26.9 Å².